The van der Waals surface area contributed by atoms with Crippen LogP contribution < -0.4 is 5.32 Å². The average Bonchev–Trinajstić information content (AvgIpc) is 2.47. The lowest BCUT2D eigenvalue weighted by Gasteiger charge is -2.37. The van der Waals surface area contributed by atoms with Crippen LogP contribution in [0.15, 0.2) is 0 Å². The summed E-state index contributed by atoms with van der Waals surface area (Å²) in [6.07, 6.45) is 7.08. The van der Waals surface area contributed by atoms with E-state index in [-0.39, 0.29) is 18.4 Å². The molecule has 0 unspecified atom stereocenters. The summed E-state index contributed by atoms with van der Waals surface area (Å²) in [5.74, 6) is -0.623. The minimum absolute atomic E-state index is 0.0481. The summed E-state index contributed by atoms with van der Waals surface area (Å²) in [7, 11) is 5.67. The Bertz CT molecular complexity index is 415. The Morgan fingerprint density at radius 1 is 1.08 bits per heavy atom. The molecule has 0 aliphatic rings. The first-order valence-electron chi connectivity index (χ1n) is 9.04. The Labute approximate surface area is 149 Å². The van der Waals surface area contributed by atoms with Crippen LogP contribution in [0.4, 0.5) is 0 Å². The maximum atomic E-state index is 12.0. The first-order chi connectivity index (χ1) is 11.2. The number of hydrogen-bond acceptors (Lipinski definition) is 4. The summed E-state index contributed by atoms with van der Waals surface area (Å²) < 4.78 is 4.94. The lowest BCUT2D eigenvalue weighted by Crippen LogP contribution is -2.59. The van der Waals surface area contributed by atoms with Crippen LogP contribution >= 0.6 is 0 Å². The van der Waals surface area contributed by atoms with Gasteiger partial charge in [0.1, 0.15) is 30.1 Å². The lowest BCUT2D eigenvalue weighted by molar-refractivity contribution is -0.143. The van der Waals surface area contributed by atoms with Gasteiger partial charge in [-0.3, -0.25) is 20.3 Å². The minimum atomic E-state index is -0.461. The summed E-state index contributed by atoms with van der Waals surface area (Å²) in [5, 5.41) is 10.3. The van der Waals surface area contributed by atoms with Crippen molar-refractivity contribution in [2.75, 3.05) is 13.2 Å². The number of carbonyl (C=O) groups is 2. The molecule has 24 heavy (non-hydrogen) atoms. The molecule has 0 fully saturated rings. The Morgan fingerprint density at radius 3 is 2.21 bits per heavy atom. The molecule has 0 aromatic carbocycles. The fourth-order valence-electron chi connectivity index (χ4n) is 2.32. The maximum absolute atomic E-state index is 12.0. The first kappa shape index (κ1) is 22.6. The molecule has 0 bridgehead atoms. The zero-order valence-corrected chi connectivity index (χ0v) is 16.0. The van der Waals surface area contributed by atoms with E-state index < -0.39 is 11.2 Å². The molecule has 0 aromatic rings. The highest BCUT2D eigenvalue weighted by Crippen LogP contribution is 2.07. The number of ether oxygens (including phenoxy) is 1. The molecule has 0 spiro atoms. The lowest BCUT2D eigenvalue weighted by atomic mass is 9.48. The summed E-state index contributed by atoms with van der Waals surface area (Å²) >= 11 is 0. The predicted molar refractivity (Wildman–Crippen MR) is 106 cm³/mol. The van der Waals surface area contributed by atoms with E-state index in [1.807, 2.05) is 23.5 Å². The quantitative estimate of drug-likeness (QED) is 0.170. The van der Waals surface area contributed by atoms with E-state index >= 15 is 0 Å². The SMILES string of the molecule is BC(B)(B)N(CC(=O)OCC)C(=N)NC(=O)CCCCCCCC. The van der Waals surface area contributed by atoms with E-state index in [2.05, 4.69) is 12.2 Å². The second-order valence-corrected chi connectivity index (χ2v) is 6.98. The fourth-order valence-corrected chi connectivity index (χ4v) is 2.32. The van der Waals surface area contributed by atoms with E-state index in [0.29, 0.717) is 13.0 Å². The van der Waals surface area contributed by atoms with Crippen molar-refractivity contribution in [3.8, 4) is 0 Å². The molecule has 0 aromatic heterocycles. The topological polar surface area (TPSA) is 82.5 Å². The van der Waals surface area contributed by atoms with E-state index in [1.165, 1.54) is 19.3 Å². The van der Waals surface area contributed by atoms with E-state index in [9.17, 15) is 9.59 Å². The second-order valence-electron chi connectivity index (χ2n) is 6.98. The van der Waals surface area contributed by atoms with Crippen LogP contribution in [0.2, 0.25) is 0 Å². The molecule has 0 rings (SSSR count). The standard InChI is InChI=1S/C15H32B3N3O3/c1-3-5-6-7-8-9-10-12(22)20-14(19)21(15(16,17)18)11-13(23)24-4-2/h3-11,16-18H2,1-2H3,(H2,19,20,22). The molecule has 0 heterocycles. The smallest absolute Gasteiger partial charge is 0.325 e. The molecule has 0 saturated heterocycles. The van der Waals surface area contributed by atoms with Gasteiger partial charge < -0.3 is 9.64 Å². The van der Waals surface area contributed by atoms with Gasteiger partial charge in [0.15, 0.2) is 5.96 Å². The summed E-state index contributed by atoms with van der Waals surface area (Å²) in [5.41, 5.74) is 0. The molecule has 0 saturated carbocycles. The van der Waals surface area contributed by atoms with Crippen molar-refractivity contribution in [2.24, 2.45) is 0 Å². The highest BCUT2D eigenvalue weighted by molar-refractivity contribution is 6.59. The number of guanidine groups is 1. The minimum Gasteiger partial charge on any atom is -0.465 e. The van der Waals surface area contributed by atoms with Gasteiger partial charge in [0.25, 0.3) is 0 Å². The van der Waals surface area contributed by atoms with Gasteiger partial charge >= 0.3 is 5.97 Å². The van der Waals surface area contributed by atoms with Gasteiger partial charge in [-0.1, -0.05) is 39.0 Å². The summed E-state index contributed by atoms with van der Waals surface area (Å²) in [6.45, 7) is 4.17. The zero-order valence-electron chi connectivity index (χ0n) is 16.0. The van der Waals surface area contributed by atoms with E-state index in [0.717, 1.165) is 19.3 Å². The van der Waals surface area contributed by atoms with Crippen molar-refractivity contribution in [3.63, 3.8) is 0 Å². The van der Waals surface area contributed by atoms with E-state index in [1.54, 1.807) is 11.8 Å². The Hall–Kier alpha value is -1.40. The second kappa shape index (κ2) is 12.0. The normalized spacial score (nSPS) is 10.9. The number of hydrogen-bond donors (Lipinski definition) is 2. The van der Waals surface area contributed by atoms with Gasteiger partial charge in [-0.15, -0.1) is 0 Å². The van der Waals surface area contributed by atoms with Crippen molar-refractivity contribution in [2.45, 2.75) is 64.0 Å². The Kier molecular flexibility index (Phi) is 11.3. The van der Waals surface area contributed by atoms with Crippen molar-refractivity contribution in [1.82, 2.24) is 10.2 Å². The average molecular weight is 335 g/mol. The molecular weight excluding hydrogens is 303 g/mol. The van der Waals surface area contributed by atoms with Gasteiger partial charge in [-0.05, 0) is 18.6 Å². The number of rotatable bonds is 11. The largest absolute Gasteiger partial charge is 0.465 e. The number of nitrogens with zero attached hydrogens (tertiary/aromatic N) is 1. The number of carbonyl (C=O) groups excluding carboxylic acids is 2. The molecule has 1 amide bonds. The first-order valence-corrected chi connectivity index (χ1v) is 9.04. The number of amides is 1. The highest BCUT2D eigenvalue weighted by atomic mass is 16.5. The van der Waals surface area contributed by atoms with Crippen molar-refractivity contribution < 1.29 is 14.3 Å². The third kappa shape index (κ3) is 10.4. The van der Waals surface area contributed by atoms with E-state index in [4.69, 9.17) is 10.1 Å². The van der Waals surface area contributed by atoms with Crippen LogP contribution in [0, 0.1) is 5.41 Å². The number of unbranched alkanes of at least 4 members (excludes halogenated alkanes) is 5. The molecule has 0 aliphatic heterocycles. The third-order valence-electron chi connectivity index (χ3n) is 3.69. The molecule has 0 atom stereocenters. The van der Waals surface area contributed by atoms with Crippen molar-refractivity contribution >= 4 is 41.4 Å². The van der Waals surface area contributed by atoms with Gasteiger partial charge in [0.05, 0.1) is 6.61 Å². The molecule has 2 N–H and O–H groups in total. The van der Waals surface area contributed by atoms with Gasteiger partial charge in [0, 0.05) is 6.42 Å². The van der Waals surface area contributed by atoms with Gasteiger partial charge in [0.2, 0.25) is 5.91 Å². The molecule has 134 valence electrons. The van der Waals surface area contributed by atoms with Crippen LogP contribution in [0.25, 0.3) is 0 Å². The van der Waals surface area contributed by atoms with Crippen molar-refractivity contribution in [3.05, 3.63) is 0 Å². The maximum Gasteiger partial charge on any atom is 0.325 e. The zero-order chi connectivity index (χ0) is 18.6. The van der Waals surface area contributed by atoms with Crippen LogP contribution in [-0.2, 0) is 14.3 Å². The fraction of sp³-hybridized carbons (Fsp3) is 0.800. The number of esters is 1. The number of nitrogens with one attached hydrogen (secondary N) is 2. The summed E-state index contributed by atoms with van der Waals surface area (Å²) in [6, 6.07) is 0. The molecular formula is C15H32B3N3O3. The van der Waals surface area contributed by atoms with Gasteiger partial charge in [-0.25, -0.2) is 0 Å². The Morgan fingerprint density at radius 2 is 1.67 bits per heavy atom. The summed E-state index contributed by atoms with van der Waals surface area (Å²) in [4.78, 5) is 25.3. The predicted octanol–water partition coefficient (Wildman–Crippen LogP) is -0.836. The van der Waals surface area contributed by atoms with Crippen LogP contribution in [0.3, 0.4) is 0 Å². The molecule has 9 heteroatoms. The monoisotopic (exact) mass is 335 g/mol. The van der Waals surface area contributed by atoms with Crippen LogP contribution in [0.1, 0.15) is 58.8 Å². The van der Waals surface area contributed by atoms with Gasteiger partial charge in [-0.2, -0.15) is 0 Å². The van der Waals surface area contributed by atoms with Crippen molar-refractivity contribution in [1.29, 1.82) is 5.41 Å². The molecule has 6 nitrogen and oxygen atoms in total. The highest BCUT2D eigenvalue weighted by Gasteiger charge is 2.27. The van der Waals surface area contributed by atoms with Crippen LogP contribution in [0.5, 0.6) is 0 Å². The Balaban J connectivity index is 4.34. The molecule has 0 aliphatic carbocycles. The van der Waals surface area contributed by atoms with Crippen LogP contribution in [-0.4, -0.2) is 64.7 Å². The molecule has 0 radical (unpaired) electrons. The third-order valence-corrected chi connectivity index (χ3v) is 3.69.